The molecule has 0 fully saturated rings. The fourth-order valence-electron chi connectivity index (χ4n) is 8.30. The van der Waals surface area contributed by atoms with Gasteiger partial charge in [-0.2, -0.15) is 0 Å². The molecule has 0 aliphatic heterocycles. The fraction of sp³-hybridized carbons (Fsp3) is 0.643. The topological polar surface area (TPSA) is 78.9 Å². The van der Waals surface area contributed by atoms with E-state index in [0.717, 1.165) is 128 Å². The molecule has 0 saturated heterocycles. The third-order valence-corrected chi connectivity index (χ3v) is 12.9. The quantitative estimate of drug-likeness (QED) is 0.0261. The zero-order chi connectivity index (χ0) is 55.0. The first-order valence-electron chi connectivity index (χ1n) is 31.2. The smallest absolute Gasteiger partial charge is 0.306 e. The minimum absolute atomic E-state index is 0.109. The van der Waals surface area contributed by atoms with Gasteiger partial charge in [0.25, 0.3) is 0 Å². The van der Waals surface area contributed by atoms with Gasteiger partial charge in [-0.05, 0) is 116 Å². The number of rotatable bonds is 55. The normalized spacial score (nSPS) is 13.0. The summed E-state index contributed by atoms with van der Waals surface area (Å²) in [4.78, 5) is 38.2. The van der Waals surface area contributed by atoms with Crippen LogP contribution in [0.3, 0.4) is 0 Å². The summed E-state index contributed by atoms with van der Waals surface area (Å²) in [5.41, 5.74) is 0. The number of esters is 3. The van der Waals surface area contributed by atoms with E-state index in [9.17, 15) is 14.4 Å². The molecule has 76 heavy (non-hydrogen) atoms. The van der Waals surface area contributed by atoms with Crippen LogP contribution in [-0.2, 0) is 28.6 Å². The van der Waals surface area contributed by atoms with E-state index in [4.69, 9.17) is 14.2 Å². The molecule has 0 N–H and O–H groups in total. The average molecular weight is 1050 g/mol. The molecule has 0 rings (SSSR count). The van der Waals surface area contributed by atoms with E-state index in [1.165, 1.54) is 96.3 Å². The van der Waals surface area contributed by atoms with Gasteiger partial charge in [-0.15, -0.1) is 0 Å². The highest BCUT2D eigenvalue weighted by molar-refractivity contribution is 5.71. The maximum absolute atomic E-state index is 12.9. The van der Waals surface area contributed by atoms with Crippen LogP contribution in [0.15, 0.2) is 134 Å². The zero-order valence-electron chi connectivity index (χ0n) is 49.2. The van der Waals surface area contributed by atoms with Crippen molar-refractivity contribution in [2.24, 2.45) is 0 Å². The van der Waals surface area contributed by atoms with E-state index in [2.05, 4.69) is 154 Å². The summed E-state index contributed by atoms with van der Waals surface area (Å²) >= 11 is 0. The van der Waals surface area contributed by atoms with Crippen molar-refractivity contribution in [3.63, 3.8) is 0 Å². The standard InChI is InChI=1S/C70H114O6/c1-4-7-10-13-16-19-22-25-27-29-31-32-33-34-35-36-37-38-39-41-42-45-48-51-54-57-60-63-69(72)75-66-67(65-74-68(71)62-59-56-53-50-47-44-24-21-18-15-12-9-6-3)76-70(73)64-61-58-55-52-49-46-43-40-30-28-26-23-20-17-14-11-8-5-2/h7,9-10,12,16,18-19,21,25,27,31-32,34-35,37-38,41-42,44,47-48,51,67H,4-6,8,11,13-15,17,20,22-24,26,28-30,33,36,39-40,43,45-46,49-50,52-66H2,1-3H3/b10-7-,12-9-,19-16-,21-18-,27-25-,32-31-,35-34-,38-37-,42-41-,47-44-,51-48-. The molecule has 0 aromatic carbocycles. The lowest BCUT2D eigenvalue weighted by molar-refractivity contribution is -0.167. The molecular weight excluding hydrogens is 937 g/mol. The molecule has 0 aromatic heterocycles. The van der Waals surface area contributed by atoms with Crippen molar-refractivity contribution < 1.29 is 28.6 Å². The maximum atomic E-state index is 12.9. The summed E-state index contributed by atoms with van der Waals surface area (Å²) in [5.74, 6) is -0.978. The summed E-state index contributed by atoms with van der Waals surface area (Å²) in [6.45, 7) is 6.36. The number of allylic oxidation sites excluding steroid dienone is 22. The lowest BCUT2D eigenvalue weighted by Crippen LogP contribution is -2.30. The average Bonchev–Trinajstić information content (AvgIpc) is 3.42. The molecule has 0 saturated carbocycles. The molecule has 6 nitrogen and oxygen atoms in total. The van der Waals surface area contributed by atoms with Crippen LogP contribution >= 0.6 is 0 Å². The Bertz CT molecular complexity index is 1630. The molecule has 0 aliphatic rings. The molecule has 6 heteroatoms. The number of ether oxygens (including phenoxy) is 3. The number of hydrogen-bond acceptors (Lipinski definition) is 6. The minimum Gasteiger partial charge on any atom is -0.462 e. The van der Waals surface area contributed by atoms with Gasteiger partial charge >= 0.3 is 17.9 Å². The highest BCUT2D eigenvalue weighted by atomic mass is 16.6. The van der Waals surface area contributed by atoms with Gasteiger partial charge in [0.15, 0.2) is 6.10 Å². The summed E-state index contributed by atoms with van der Waals surface area (Å²) < 4.78 is 16.8. The molecule has 0 heterocycles. The predicted molar refractivity (Wildman–Crippen MR) is 329 cm³/mol. The minimum atomic E-state index is -0.812. The van der Waals surface area contributed by atoms with Crippen LogP contribution < -0.4 is 0 Å². The Morgan fingerprint density at radius 3 is 0.829 bits per heavy atom. The molecule has 0 bridgehead atoms. The first-order chi connectivity index (χ1) is 37.5. The molecule has 0 aromatic rings. The van der Waals surface area contributed by atoms with Crippen LogP contribution in [0.25, 0.3) is 0 Å². The molecule has 0 spiro atoms. The number of carbonyl (C=O) groups is 3. The van der Waals surface area contributed by atoms with Crippen LogP contribution in [0.5, 0.6) is 0 Å². The predicted octanol–water partition coefficient (Wildman–Crippen LogP) is 21.4. The Morgan fingerprint density at radius 2 is 0.513 bits per heavy atom. The third kappa shape index (κ3) is 60.4. The van der Waals surface area contributed by atoms with E-state index < -0.39 is 6.10 Å². The summed E-state index contributed by atoms with van der Waals surface area (Å²) in [5, 5.41) is 0. The second kappa shape index (κ2) is 63.1. The van der Waals surface area contributed by atoms with Crippen LogP contribution in [0.4, 0.5) is 0 Å². The van der Waals surface area contributed by atoms with Crippen molar-refractivity contribution in [1.82, 2.24) is 0 Å². The Morgan fingerprint density at radius 1 is 0.276 bits per heavy atom. The summed E-state index contributed by atoms with van der Waals surface area (Å²) in [6.07, 6.45) is 88.9. The van der Waals surface area contributed by atoms with E-state index >= 15 is 0 Å². The fourth-order valence-corrected chi connectivity index (χ4v) is 8.30. The van der Waals surface area contributed by atoms with Crippen molar-refractivity contribution in [2.75, 3.05) is 13.2 Å². The van der Waals surface area contributed by atoms with Crippen LogP contribution in [-0.4, -0.2) is 37.2 Å². The summed E-state index contributed by atoms with van der Waals surface area (Å²) in [7, 11) is 0. The van der Waals surface area contributed by atoms with Crippen molar-refractivity contribution in [1.29, 1.82) is 0 Å². The summed E-state index contributed by atoms with van der Waals surface area (Å²) in [6, 6.07) is 0. The number of unbranched alkanes of at least 4 members (excludes halogenated alkanes) is 22. The highest BCUT2D eigenvalue weighted by Crippen LogP contribution is 2.16. The molecule has 0 radical (unpaired) electrons. The van der Waals surface area contributed by atoms with Gasteiger partial charge in [-0.1, -0.05) is 270 Å². The molecule has 1 unspecified atom stereocenters. The Labute approximate surface area is 468 Å². The van der Waals surface area contributed by atoms with Crippen LogP contribution in [0.2, 0.25) is 0 Å². The maximum Gasteiger partial charge on any atom is 0.306 e. The Hall–Kier alpha value is -4.45. The highest BCUT2D eigenvalue weighted by Gasteiger charge is 2.19. The lowest BCUT2D eigenvalue weighted by Gasteiger charge is -2.18. The molecule has 0 aliphatic carbocycles. The molecular formula is C70H114O6. The monoisotopic (exact) mass is 1050 g/mol. The van der Waals surface area contributed by atoms with Crippen molar-refractivity contribution in [2.45, 2.75) is 277 Å². The van der Waals surface area contributed by atoms with E-state index in [0.29, 0.717) is 25.7 Å². The second-order valence-electron chi connectivity index (χ2n) is 20.2. The number of carbonyl (C=O) groups excluding carboxylic acids is 3. The molecule has 430 valence electrons. The van der Waals surface area contributed by atoms with Gasteiger partial charge < -0.3 is 14.2 Å². The van der Waals surface area contributed by atoms with E-state index in [1.807, 2.05) is 0 Å². The largest absolute Gasteiger partial charge is 0.462 e. The van der Waals surface area contributed by atoms with Crippen LogP contribution in [0.1, 0.15) is 271 Å². The SMILES string of the molecule is CC/C=C\C/C=C\C/C=C\C/C=C\C/C=C\C/C=C\C/C=C\C/C=C\CCCCC(=O)OCC(COC(=O)CCCCC/C=C\C/C=C\C/C=C\CC)OC(=O)CCCCCCCCCCCCCCCCCCCC. The zero-order valence-corrected chi connectivity index (χ0v) is 49.2. The van der Waals surface area contributed by atoms with Gasteiger partial charge in [0, 0.05) is 19.3 Å². The first kappa shape index (κ1) is 71.5. The first-order valence-corrected chi connectivity index (χ1v) is 31.2. The third-order valence-electron chi connectivity index (χ3n) is 12.9. The van der Waals surface area contributed by atoms with Gasteiger partial charge in [-0.25, -0.2) is 0 Å². The van der Waals surface area contributed by atoms with E-state index in [1.54, 1.807) is 0 Å². The van der Waals surface area contributed by atoms with Gasteiger partial charge in [0.1, 0.15) is 13.2 Å². The van der Waals surface area contributed by atoms with Crippen molar-refractivity contribution in [3.05, 3.63) is 134 Å². The van der Waals surface area contributed by atoms with Crippen LogP contribution in [0, 0.1) is 0 Å². The second-order valence-corrected chi connectivity index (χ2v) is 20.2. The molecule has 0 amide bonds. The molecule has 1 atom stereocenters. The van der Waals surface area contributed by atoms with Gasteiger partial charge in [0.05, 0.1) is 0 Å². The van der Waals surface area contributed by atoms with E-state index in [-0.39, 0.29) is 31.1 Å². The number of hydrogen-bond donors (Lipinski definition) is 0. The van der Waals surface area contributed by atoms with Gasteiger partial charge in [0.2, 0.25) is 0 Å². The van der Waals surface area contributed by atoms with Crippen molar-refractivity contribution >= 4 is 17.9 Å². The lowest BCUT2D eigenvalue weighted by atomic mass is 10.0. The Balaban J connectivity index is 4.44. The Kier molecular flexibility index (Phi) is 59.4. The van der Waals surface area contributed by atoms with Gasteiger partial charge in [-0.3, -0.25) is 14.4 Å². The van der Waals surface area contributed by atoms with Crippen molar-refractivity contribution in [3.8, 4) is 0 Å².